The van der Waals surface area contributed by atoms with Crippen molar-refractivity contribution in [3.05, 3.63) is 24.6 Å². The Morgan fingerprint density at radius 3 is 1.61 bits per heavy atom. The Morgan fingerprint density at radius 2 is 1.27 bits per heavy atom. The predicted molar refractivity (Wildman–Crippen MR) is 160 cm³/mol. The van der Waals surface area contributed by atoms with Gasteiger partial charge in [-0.1, -0.05) is 11.4 Å². The Bertz CT molecular complexity index is 619. The van der Waals surface area contributed by atoms with Gasteiger partial charge < -0.3 is 49.3 Å². The van der Waals surface area contributed by atoms with Gasteiger partial charge in [-0.2, -0.15) is 0 Å². The standard InChI is InChI=1S/C10H42O11Si12/c1-9-28(16)19-31(32(23-12,24-13)17-22-11,33(25-14,26-15)18-27(3)4)21-30(7,8)20-29(5,6)10-2/h9-16,27-28H,1-2,22-26H2,3-8H3. The van der Waals surface area contributed by atoms with Gasteiger partial charge in [0.15, 0.2) is 54.5 Å². The number of hydrogen-bond acceptors (Lipinski definition) is 11. The van der Waals surface area contributed by atoms with Crippen LogP contribution in [0.25, 0.3) is 0 Å². The zero-order valence-corrected chi connectivity index (χ0v) is 34.9. The van der Waals surface area contributed by atoms with Crippen LogP contribution in [0.5, 0.6) is 0 Å². The predicted octanol–water partition coefficient (Wildman–Crippen LogP) is -6.60. The van der Waals surface area contributed by atoms with E-state index in [1.807, 2.05) is 26.2 Å². The van der Waals surface area contributed by atoms with Gasteiger partial charge in [-0.05, 0) is 39.3 Å². The molecule has 0 saturated carbocycles. The van der Waals surface area contributed by atoms with Crippen molar-refractivity contribution in [2.45, 2.75) is 39.3 Å². The number of rotatable bonds is 18. The summed E-state index contributed by atoms with van der Waals surface area (Å²) in [5.41, 5.74) is 3.04. The summed E-state index contributed by atoms with van der Waals surface area (Å²) < 4.78 is 32.0. The van der Waals surface area contributed by atoms with E-state index in [4.69, 9.17) is 20.6 Å². The lowest BCUT2D eigenvalue weighted by Gasteiger charge is -2.54. The summed E-state index contributed by atoms with van der Waals surface area (Å²) in [6, 6.07) is 0. The van der Waals surface area contributed by atoms with Gasteiger partial charge in [0.05, 0.1) is 0 Å². The quantitative estimate of drug-likeness (QED) is 0.0766. The van der Waals surface area contributed by atoms with Gasteiger partial charge in [0.2, 0.25) is 0 Å². The maximum Gasteiger partial charge on any atom is 0.338 e. The minimum atomic E-state index is -4.12. The van der Waals surface area contributed by atoms with E-state index in [0.717, 1.165) is 0 Å². The molecule has 6 N–H and O–H groups in total. The SMILES string of the molecule is C=C[SiH](O)O[Si](O[Si](C)(C)O[Si](C)(C)C=C)([Si](O[SiH2]O)([SiH2]O)[SiH2]O)[Si](O[SiH](C)C)([SiH2]O)[SiH2]O. The van der Waals surface area contributed by atoms with Crippen LogP contribution in [0.3, 0.4) is 0 Å². The van der Waals surface area contributed by atoms with Crippen LogP contribution >= 0.6 is 0 Å². The van der Waals surface area contributed by atoms with Gasteiger partial charge in [0.25, 0.3) is 23.7 Å². The minimum Gasteiger partial charge on any atom is -0.458 e. The Labute approximate surface area is 215 Å². The first-order valence-corrected chi connectivity index (χ1v) is 41.5. The molecule has 0 heterocycles. The van der Waals surface area contributed by atoms with Gasteiger partial charge >= 0.3 is 25.4 Å². The molecule has 0 bridgehead atoms. The smallest absolute Gasteiger partial charge is 0.338 e. The van der Waals surface area contributed by atoms with Crippen LogP contribution in [0.4, 0.5) is 0 Å². The lowest BCUT2D eigenvalue weighted by Crippen LogP contribution is -2.93. The molecule has 0 aromatic rings. The highest BCUT2D eigenvalue weighted by Crippen LogP contribution is 2.35. The fourth-order valence-electron chi connectivity index (χ4n) is 3.53. The third kappa shape index (κ3) is 8.58. The molecule has 2 atom stereocenters. The Hall–Kier alpha value is 1.64. The summed E-state index contributed by atoms with van der Waals surface area (Å²) in [6.45, 7) is 11.6. The topological polar surface area (TPSA) is 168 Å². The average Bonchev–Trinajstić information content (AvgIpc) is 2.74. The van der Waals surface area contributed by atoms with Crippen molar-refractivity contribution in [3.63, 3.8) is 0 Å². The molecule has 0 aromatic carbocycles. The normalized spacial score (nSPS) is 21.2. The first kappa shape index (κ1) is 34.6. The molecule has 0 amide bonds. The van der Waals surface area contributed by atoms with Crippen LogP contribution in [0.2, 0.25) is 39.3 Å². The maximum atomic E-state index is 10.9. The molecule has 0 aliphatic carbocycles. The van der Waals surface area contributed by atoms with Crippen molar-refractivity contribution in [2.75, 3.05) is 0 Å². The Morgan fingerprint density at radius 1 is 0.788 bits per heavy atom. The lowest BCUT2D eigenvalue weighted by molar-refractivity contribution is 0.320. The molecular weight excluding hydrogens is 633 g/mol. The second-order valence-corrected chi connectivity index (χ2v) is 72.9. The molecule has 0 radical (unpaired) electrons. The molecule has 11 nitrogen and oxygen atoms in total. The summed E-state index contributed by atoms with van der Waals surface area (Å²) >= 11 is 0. The number of hydrogen-bond donors (Lipinski definition) is 6. The highest BCUT2D eigenvalue weighted by molar-refractivity contribution is 7.96. The zero-order chi connectivity index (χ0) is 26.1. The lowest BCUT2D eigenvalue weighted by atomic mass is 11.3. The van der Waals surface area contributed by atoms with E-state index >= 15 is 0 Å². The van der Waals surface area contributed by atoms with Gasteiger partial charge in [-0.3, -0.25) is 0 Å². The zero-order valence-electron chi connectivity index (χ0n) is 20.5. The van der Waals surface area contributed by atoms with Crippen molar-refractivity contribution < 1.29 is 49.3 Å². The van der Waals surface area contributed by atoms with Crippen LogP contribution in [-0.2, 0) is 20.6 Å². The van der Waals surface area contributed by atoms with Crippen molar-refractivity contribution >= 4 is 104 Å². The van der Waals surface area contributed by atoms with Crippen LogP contribution in [0, 0.1) is 0 Å². The Kier molecular flexibility index (Phi) is 15.3. The van der Waals surface area contributed by atoms with E-state index in [1.165, 1.54) is 5.70 Å². The molecule has 33 heavy (non-hydrogen) atoms. The van der Waals surface area contributed by atoms with E-state index in [9.17, 15) is 28.8 Å². The van der Waals surface area contributed by atoms with Gasteiger partial charge in [-0.25, -0.2) is 0 Å². The molecule has 2 unspecified atom stereocenters. The minimum absolute atomic E-state index is 1.28. The fourth-order valence-corrected chi connectivity index (χ4v) is 170. The first-order chi connectivity index (χ1) is 15.1. The maximum absolute atomic E-state index is 10.9. The van der Waals surface area contributed by atoms with Gasteiger partial charge in [-0.15, -0.1) is 13.2 Å². The van der Waals surface area contributed by atoms with Gasteiger partial charge in [0, 0.05) is 0 Å². The van der Waals surface area contributed by atoms with Crippen molar-refractivity contribution in [3.8, 4) is 0 Å². The van der Waals surface area contributed by atoms with Crippen molar-refractivity contribution in [1.82, 2.24) is 0 Å². The molecule has 196 valence electrons. The second kappa shape index (κ2) is 14.5. The summed E-state index contributed by atoms with van der Waals surface area (Å²) in [6.07, 6.45) is 0. The highest BCUT2D eigenvalue weighted by atomic mass is 30.2. The van der Waals surface area contributed by atoms with E-state index in [0.29, 0.717) is 0 Å². The van der Waals surface area contributed by atoms with E-state index in [1.54, 1.807) is 18.8 Å². The summed E-state index contributed by atoms with van der Waals surface area (Å²) in [7, 11) is -25.2. The van der Waals surface area contributed by atoms with Gasteiger partial charge in [0.1, 0.15) is 0 Å². The van der Waals surface area contributed by atoms with Crippen LogP contribution in [-0.4, -0.2) is 132 Å². The molecule has 0 rings (SSSR count). The van der Waals surface area contributed by atoms with Crippen molar-refractivity contribution in [2.24, 2.45) is 0 Å². The van der Waals surface area contributed by atoms with Crippen molar-refractivity contribution in [1.29, 1.82) is 0 Å². The van der Waals surface area contributed by atoms with E-state index in [-0.39, 0.29) is 0 Å². The summed E-state index contributed by atoms with van der Waals surface area (Å²) in [4.78, 5) is 63.8. The monoisotopic (exact) mass is 674 g/mol. The molecule has 0 spiro atoms. The molecule has 0 aliphatic heterocycles. The van der Waals surface area contributed by atoms with E-state index < -0.39 is 104 Å². The third-order valence-corrected chi connectivity index (χ3v) is 104. The fraction of sp³-hybridized carbons (Fsp3) is 0.600. The summed E-state index contributed by atoms with van der Waals surface area (Å²) in [5, 5.41) is 0. The molecule has 0 saturated heterocycles. The van der Waals surface area contributed by atoms with Crippen LogP contribution in [0.15, 0.2) is 24.6 Å². The highest BCUT2D eigenvalue weighted by Gasteiger charge is 2.76. The molecule has 0 aliphatic rings. The largest absolute Gasteiger partial charge is 0.458 e. The molecule has 0 aromatic heterocycles. The molecule has 0 fully saturated rings. The summed E-state index contributed by atoms with van der Waals surface area (Å²) in [5.74, 6) is 0. The third-order valence-electron chi connectivity index (χ3n) is 4.90. The Balaban J connectivity index is 7.39. The average molecular weight is 675 g/mol. The van der Waals surface area contributed by atoms with E-state index in [2.05, 4.69) is 13.2 Å². The first-order valence-electron chi connectivity index (χ1n) is 10.5. The molecule has 23 heteroatoms. The second-order valence-electron chi connectivity index (χ2n) is 8.83. The van der Waals surface area contributed by atoms with Crippen LogP contribution in [0.1, 0.15) is 0 Å². The molecular formula is C10H42O11Si12. The van der Waals surface area contributed by atoms with Crippen LogP contribution < -0.4 is 0 Å².